The lowest BCUT2D eigenvalue weighted by Gasteiger charge is -2.17. The Hall–Kier alpha value is -2.61. The number of aromatic nitrogens is 2. The van der Waals surface area contributed by atoms with E-state index in [0.717, 1.165) is 0 Å². The van der Waals surface area contributed by atoms with Crippen LogP contribution in [0.1, 0.15) is 12.0 Å². The van der Waals surface area contributed by atoms with Crippen LogP contribution in [-0.2, 0) is 11.3 Å². The third-order valence-electron chi connectivity index (χ3n) is 4.09. The van der Waals surface area contributed by atoms with Crippen molar-refractivity contribution in [3.05, 3.63) is 46.9 Å². The van der Waals surface area contributed by atoms with Crippen LogP contribution in [0.2, 0.25) is 5.02 Å². The maximum absolute atomic E-state index is 13.5. The maximum Gasteiger partial charge on any atom is 0.323 e. The minimum absolute atomic E-state index is 0.0414. The van der Waals surface area contributed by atoms with Crippen molar-refractivity contribution in [3.8, 4) is 0 Å². The molecule has 132 valence electrons. The van der Waals surface area contributed by atoms with Crippen LogP contribution in [0, 0.1) is 11.7 Å². The lowest BCUT2D eigenvalue weighted by atomic mass is 10.1. The van der Waals surface area contributed by atoms with E-state index >= 15 is 0 Å². The number of nitrogens with zero attached hydrogens (tertiary/aromatic N) is 3. The van der Waals surface area contributed by atoms with Crippen molar-refractivity contribution in [3.63, 3.8) is 0 Å². The van der Waals surface area contributed by atoms with Gasteiger partial charge in [0.15, 0.2) is 0 Å². The highest BCUT2D eigenvalue weighted by molar-refractivity contribution is 6.30. The molecule has 1 aromatic heterocycles. The quantitative estimate of drug-likeness (QED) is 0.870. The predicted molar refractivity (Wildman–Crippen MR) is 89.1 cm³/mol. The summed E-state index contributed by atoms with van der Waals surface area (Å²) in [6.45, 7) is 0.825. The van der Waals surface area contributed by atoms with Crippen molar-refractivity contribution in [2.75, 3.05) is 18.4 Å². The lowest BCUT2D eigenvalue weighted by molar-refractivity contribution is -0.141. The summed E-state index contributed by atoms with van der Waals surface area (Å²) >= 11 is 5.67. The van der Waals surface area contributed by atoms with Gasteiger partial charge in [-0.3, -0.25) is 10.1 Å². The van der Waals surface area contributed by atoms with Crippen LogP contribution in [0.25, 0.3) is 0 Å². The Morgan fingerprint density at radius 1 is 1.40 bits per heavy atom. The fourth-order valence-electron chi connectivity index (χ4n) is 2.71. The number of carboxylic acids is 1. The predicted octanol–water partition coefficient (Wildman–Crippen LogP) is 2.66. The van der Waals surface area contributed by atoms with Crippen molar-refractivity contribution >= 4 is 29.4 Å². The number of hydrogen-bond acceptors (Lipinski definition) is 3. The molecule has 1 saturated heterocycles. The van der Waals surface area contributed by atoms with Gasteiger partial charge in [0, 0.05) is 19.2 Å². The standard InChI is InChI=1S/C16H16ClFN4O3/c17-12-2-1-10(7-13(12)18)8-22-14(3-5-19-22)20-16(25)21-6-4-11(9-21)15(23)24/h1-3,5,7,11H,4,6,8-9H2,(H,20,25)(H,23,24). The van der Waals surface area contributed by atoms with Gasteiger partial charge >= 0.3 is 12.0 Å². The summed E-state index contributed by atoms with van der Waals surface area (Å²) in [5, 5.41) is 15.9. The number of nitrogens with one attached hydrogen (secondary N) is 1. The first-order valence-electron chi connectivity index (χ1n) is 7.68. The van der Waals surface area contributed by atoms with Gasteiger partial charge in [-0.2, -0.15) is 5.10 Å². The number of anilines is 1. The summed E-state index contributed by atoms with van der Waals surface area (Å²) in [6, 6.07) is 5.69. The minimum atomic E-state index is -0.898. The Bertz CT molecular complexity index is 810. The molecular weight excluding hydrogens is 351 g/mol. The number of benzene rings is 1. The number of amides is 2. The van der Waals surface area contributed by atoms with E-state index in [1.54, 1.807) is 12.1 Å². The van der Waals surface area contributed by atoms with Crippen LogP contribution in [0.3, 0.4) is 0 Å². The molecule has 0 saturated carbocycles. The summed E-state index contributed by atoms with van der Waals surface area (Å²) in [6.07, 6.45) is 1.96. The first-order valence-corrected chi connectivity index (χ1v) is 8.06. The van der Waals surface area contributed by atoms with Crippen molar-refractivity contribution in [2.45, 2.75) is 13.0 Å². The molecule has 2 heterocycles. The van der Waals surface area contributed by atoms with Crippen LogP contribution in [-0.4, -0.2) is 44.9 Å². The number of rotatable bonds is 4. The smallest absolute Gasteiger partial charge is 0.323 e. The molecule has 0 bridgehead atoms. The number of aliphatic carboxylic acids is 1. The zero-order valence-electron chi connectivity index (χ0n) is 13.2. The zero-order valence-corrected chi connectivity index (χ0v) is 13.9. The van der Waals surface area contributed by atoms with Crippen LogP contribution >= 0.6 is 11.6 Å². The maximum atomic E-state index is 13.5. The third kappa shape index (κ3) is 3.90. The van der Waals surface area contributed by atoms with E-state index < -0.39 is 17.7 Å². The van der Waals surface area contributed by atoms with Gasteiger partial charge in [-0.15, -0.1) is 0 Å². The van der Waals surface area contributed by atoms with E-state index in [0.29, 0.717) is 24.3 Å². The third-order valence-corrected chi connectivity index (χ3v) is 4.40. The Labute approximate surface area is 148 Å². The number of carbonyl (C=O) groups excluding carboxylic acids is 1. The molecule has 1 aromatic carbocycles. The topological polar surface area (TPSA) is 87.5 Å². The van der Waals surface area contributed by atoms with Crippen molar-refractivity contribution in [1.29, 1.82) is 0 Å². The second-order valence-corrected chi connectivity index (χ2v) is 6.23. The Kier molecular flexibility index (Phi) is 4.89. The molecule has 2 N–H and O–H groups in total. The highest BCUT2D eigenvalue weighted by atomic mass is 35.5. The van der Waals surface area contributed by atoms with E-state index in [-0.39, 0.29) is 24.1 Å². The first kappa shape index (κ1) is 17.2. The number of urea groups is 1. The summed E-state index contributed by atoms with van der Waals surface area (Å²) in [5.41, 5.74) is 0.646. The molecule has 9 heteroatoms. The van der Waals surface area contributed by atoms with E-state index in [9.17, 15) is 14.0 Å². The van der Waals surface area contributed by atoms with E-state index in [2.05, 4.69) is 10.4 Å². The van der Waals surface area contributed by atoms with Gasteiger partial charge in [0.1, 0.15) is 11.6 Å². The monoisotopic (exact) mass is 366 g/mol. The van der Waals surface area contributed by atoms with E-state index in [1.807, 2.05) is 0 Å². The fraction of sp³-hybridized carbons (Fsp3) is 0.312. The van der Waals surface area contributed by atoms with Gasteiger partial charge in [0.2, 0.25) is 0 Å². The first-order chi connectivity index (χ1) is 11.9. The van der Waals surface area contributed by atoms with E-state index in [4.69, 9.17) is 16.7 Å². The van der Waals surface area contributed by atoms with Gasteiger partial charge in [-0.25, -0.2) is 13.9 Å². The molecule has 25 heavy (non-hydrogen) atoms. The molecule has 0 radical (unpaired) electrons. The minimum Gasteiger partial charge on any atom is -0.481 e. The summed E-state index contributed by atoms with van der Waals surface area (Å²) in [4.78, 5) is 24.7. The van der Waals surface area contributed by atoms with Gasteiger partial charge in [-0.1, -0.05) is 17.7 Å². The number of hydrogen-bond donors (Lipinski definition) is 2. The van der Waals surface area contributed by atoms with Gasteiger partial charge < -0.3 is 10.0 Å². The molecule has 1 unspecified atom stereocenters. The largest absolute Gasteiger partial charge is 0.481 e. The second-order valence-electron chi connectivity index (χ2n) is 5.82. The summed E-state index contributed by atoms with van der Waals surface area (Å²) in [7, 11) is 0. The Morgan fingerprint density at radius 2 is 2.20 bits per heavy atom. The molecule has 1 aliphatic heterocycles. The van der Waals surface area contributed by atoms with Crippen LogP contribution < -0.4 is 5.32 Å². The lowest BCUT2D eigenvalue weighted by Crippen LogP contribution is -2.34. The molecule has 0 aliphatic carbocycles. The Balaban J connectivity index is 1.66. The molecule has 0 spiro atoms. The van der Waals surface area contributed by atoms with Crippen LogP contribution in [0.5, 0.6) is 0 Å². The van der Waals surface area contributed by atoms with Crippen molar-refractivity contribution in [2.24, 2.45) is 5.92 Å². The zero-order chi connectivity index (χ0) is 18.0. The fourth-order valence-corrected chi connectivity index (χ4v) is 2.83. The molecular formula is C16H16ClFN4O3. The molecule has 1 aliphatic rings. The summed E-state index contributed by atoms with van der Waals surface area (Å²) in [5.74, 6) is -1.51. The molecule has 3 rings (SSSR count). The second kappa shape index (κ2) is 7.10. The molecule has 7 nitrogen and oxygen atoms in total. The highest BCUT2D eigenvalue weighted by Gasteiger charge is 2.31. The molecule has 2 aromatic rings. The van der Waals surface area contributed by atoms with E-state index in [1.165, 1.54) is 27.9 Å². The Morgan fingerprint density at radius 3 is 2.88 bits per heavy atom. The van der Waals surface area contributed by atoms with Gasteiger partial charge in [-0.05, 0) is 24.1 Å². The van der Waals surface area contributed by atoms with Crippen LogP contribution in [0.4, 0.5) is 15.0 Å². The SMILES string of the molecule is O=C(O)C1CCN(C(=O)Nc2ccnn2Cc2ccc(Cl)c(F)c2)C1. The molecule has 2 amide bonds. The average molecular weight is 367 g/mol. The van der Waals surface area contributed by atoms with Gasteiger partial charge in [0.05, 0.1) is 23.7 Å². The highest BCUT2D eigenvalue weighted by Crippen LogP contribution is 2.19. The van der Waals surface area contributed by atoms with Crippen molar-refractivity contribution in [1.82, 2.24) is 14.7 Å². The summed E-state index contributed by atoms with van der Waals surface area (Å²) < 4.78 is 15.1. The van der Waals surface area contributed by atoms with Gasteiger partial charge in [0.25, 0.3) is 0 Å². The normalized spacial score (nSPS) is 16.9. The van der Waals surface area contributed by atoms with Crippen LogP contribution in [0.15, 0.2) is 30.5 Å². The number of likely N-dealkylation sites (tertiary alicyclic amines) is 1. The molecule has 1 fully saturated rings. The van der Waals surface area contributed by atoms with Crippen molar-refractivity contribution < 1.29 is 19.1 Å². The molecule has 1 atom stereocenters. The number of halogens is 2. The number of carbonyl (C=O) groups is 2. The number of carboxylic acid groups (broad SMARTS) is 1. The average Bonchev–Trinajstić information content (AvgIpc) is 3.21.